The van der Waals surface area contributed by atoms with E-state index in [0.29, 0.717) is 39.0 Å². The van der Waals surface area contributed by atoms with Gasteiger partial charge in [-0.3, -0.25) is 9.69 Å². The molecule has 1 saturated carbocycles. The van der Waals surface area contributed by atoms with Crippen molar-refractivity contribution in [1.82, 2.24) is 4.90 Å². The number of benzene rings is 1. The van der Waals surface area contributed by atoms with Gasteiger partial charge in [-0.1, -0.05) is 0 Å². The van der Waals surface area contributed by atoms with Crippen molar-refractivity contribution in [3.8, 4) is 0 Å². The Balaban J connectivity index is 1.61. The van der Waals surface area contributed by atoms with Gasteiger partial charge in [0.05, 0.1) is 24.8 Å². The highest BCUT2D eigenvalue weighted by Gasteiger charge is 2.41. The Hall–Kier alpha value is -1.73. The molecule has 0 amide bonds. The molecule has 1 aromatic carbocycles. The van der Waals surface area contributed by atoms with Crippen LogP contribution in [-0.2, 0) is 9.53 Å². The van der Waals surface area contributed by atoms with Crippen LogP contribution in [0.3, 0.4) is 0 Å². The maximum atomic E-state index is 13.9. The second-order valence-corrected chi connectivity index (χ2v) is 6.44. The molecule has 1 saturated heterocycles. The number of rotatable bonds is 3. The minimum Gasteiger partial charge on any atom is -0.469 e. The second-order valence-electron chi connectivity index (χ2n) is 6.44. The van der Waals surface area contributed by atoms with Crippen molar-refractivity contribution in [2.45, 2.75) is 25.0 Å². The van der Waals surface area contributed by atoms with Gasteiger partial charge in [0.15, 0.2) is 0 Å². The number of anilines is 1. The van der Waals surface area contributed by atoms with Crippen LogP contribution in [0.4, 0.5) is 14.5 Å². The van der Waals surface area contributed by atoms with Crippen molar-refractivity contribution in [2.75, 3.05) is 38.2 Å². The van der Waals surface area contributed by atoms with Crippen LogP contribution in [0.15, 0.2) is 18.2 Å². The summed E-state index contributed by atoms with van der Waals surface area (Å²) in [7, 11) is 1.36. The Bertz CT molecular complexity index is 605. The Morgan fingerprint density at radius 3 is 2.58 bits per heavy atom. The third kappa shape index (κ3) is 3.37. The van der Waals surface area contributed by atoms with Crippen molar-refractivity contribution in [3.05, 3.63) is 29.8 Å². The first-order valence-electron chi connectivity index (χ1n) is 8.19. The standard InChI is InChI=1S/C17H22F2N2O3/c1-24-17(23)11-8-15(16(22)9-11)21-6-4-20(5-7-21)14-10-12(18)2-3-13(14)19/h2-3,10-11,15-16,22H,4-9H2,1H3/t11-,15+,16+/m0/s1. The van der Waals surface area contributed by atoms with E-state index in [0.717, 1.165) is 12.1 Å². The van der Waals surface area contributed by atoms with Gasteiger partial charge in [0.25, 0.3) is 0 Å². The topological polar surface area (TPSA) is 53.0 Å². The number of nitrogens with zero attached hydrogens (tertiary/aromatic N) is 2. The first kappa shape index (κ1) is 17.1. The van der Waals surface area contributed by atoms with Crippen LogP contribution < -0.4 is 4.90 Å². The maximum absolute atomic E-state index is 13.9. The summed E-state index contributed by atoms with van der Waals surface area (Å²) in [6, 6.07) is 3.37. The average molecular weight is 340 g/mol. The smallest absolute Gasteiger partial charge is 0.308 e. The third-order valence-electron chi connectivity index (χ3n) is 5.06. The summed E-state index contributed by atoms with van der Waals surface area (Å²) in [5, 5.41) is 10.2. The molecule has 7 heteroatoms. The van der Waals surface area contributed by atoms with E-state index in [2.05, 4.69) is 4.90 Å². The van der Waals surface area contributed by atoms with Crippen molar-refractivity contribution in [1.29, 1.82) is 0 Å². The molecule has 132 valence electrons. The van der Waals surface area contributed by atoms with Crippen LogP contribution in [-0.4, -0.2) is 61.4 Å². The number of hydrogen-bond acceptors (Lipinski definition) is 5. The van der Waals surface area contributed by atoms with E-state index in [1.165, 1.54) is 13.2 Å². The van der Waals surface area contributed by atoms with Crippen LogP contribution in [0.1, 0.15) is 12.8 Å². The molecule has 3 atom stereocenters. The fraction of sp³-hybridized carbons (Fsp3) is 0.588. The molecule has 1 aromatic rings. The van der Waals surface area contributed by atoms with Crippen LogP contribution >= 0.6 is 0 Å². The SMILES string of the molecule is COC(=O)[C@@H]1C[C@@H](O)[C@H](N2CCN(c3cc(F)ccc3F)CC2)C1. The number of hydrogen-bond donors (Lipinski definition) is 1. The number of carbonyl (C=O) groups excluding carboxylic acids is 1. The summed E-state index contributed by atoms with van der Waals surface area (Å²) in [6.07, 6.45) is 0.421. The van der Waals surface area contributed by atoms with Crippen molar-refractivity contribution in [2.24, 2.45) is 5.92 Å². The van der Waals surface area contributed by atoms with Gasteiger partial charge in [0.1, 0.15) is 11.6 Å². The zero-order valence-electron chi connectivity index (χ0n) is 13.6. The molecule has 1 heterocycles. The van der Waals surface area contributed by atoms with Gasteiger partial charge in [-0.25, -0.2) is 8.78 Å². The molecule has 24 heavy (non-hydrogen) atoms. The van der Waals surface area contributed by atoms with Crippen LogP contribution in [0, 0.1) is 17.6 Å². The molecule has 2 fully saturated rings. The van der Waals surface area contributed by atoms with Gasteiger partial charge >= 0.3 is 5.97 Å². The lowest BCUT2D eigenvalue weighted by Gasteiger charge is -2.40. The molecule has 0 spiro atoms. The van der Waals surface area contributed by atoms with Crippen LogP contribution in [0.5, 0.6) is 0 Å². The van der Waals surface area contributed by atoms with Crippen LogP contribution in [0.25, 0.3) is 0 Å². The minimum atomic E-state index is -0.563. The number of halogens is 2. The highest BCUT2D eigenvalue weighted by molar-refractivity contribution is 5.72. The molecule has 1 aliphatic carbocycles. The summed E-state index contributed by atoms with van der Waals surface area (Å²) in [5.74, 6) is -1.44. The lowest BCUT2D eigenvalue weighted by Crippen LogP contribution is -2.52. The number of aliphatic hydroxyl groups is 1. The molecule has 1 N–H and O–H groups in total. The summed E-state index contributed by atoms with van der Waals surface area (Å²) in [4.78, 5) is 15.6. The number of methoxy groups -OCH3 is 1. The normalized spacial score (nSPS) is 28.2. The molecular weight excluding hydrogens is 318 g/mol. The minimum absolute atomic E-state index is 0.0893. The predicted octanol–water partition coefficient (Wildman–Crippen LogP) is 1.40. The van der Waals surface area contributed by atoms with Crippen molar-refractivity contribution < 1.29 is 23.4 Å². The fourth-order valence-electron chi connectivity index (χ4n) is 3.77. The molecule has 0 radical (unpaired) electrons. The van der Waals surface area contributed by atoms with Gasteiger partial charge in [-0.15, -0.1) is 0 Å². The van der Waals surface area contributed by atoms with Crippen molar-refractivity contribution in [3.63, 3.8) is 0 Å². The third-order valence-corrected chi connectivity index (χ3v) is 5.06. The van der Waals surface area contributed by atoms with E-state index in [9.17, 15) is 18.7 Å². The highest BCUT2D eigenvalue weighted by Crippen LogP contribution is 2.32. The zero-order chi connectivity index (χ0) is 17.3. The lowest BCUT2D eigenvalue weighted by atomic mass is 10.1. The molecule has 2 aliphatic rings. The highest BCUT2D eigenvalue weighted by atomic mass is 19.1. The average Bonchev–Trinajstić information content (AvgIpc) is 2.98. The Kier molecular flexibility index (Phi) is 5.01. The zero-order valence-corrected chi connectivity index (χ0v) is 13.6. The van der Waals surface area contributed by atoms with E-state index in [-0.39, 0.29) is 23.6 Å². The Labute approximate surface area is 139 Å². The molecule has 1 aliphatic heterocycles. The molecule has 5 nitrogen and oxygen atoms in total. The van der Waals surface area contributed by atoms with Crippen molar-refractivity contribution >= 4 is 11.7 Å². The Morgan fingerprint density at radius 1 is 1.21 bits per heavy atom. The van der Waals surface area contributed by atoms with E-state index >= 15 is 0 Å². The number of aliphatic hydroxyl groups excluding tert-OH is 1. The molecular formula is C17H22F2N2O3. The van der Waals surface area contributed by atoms with Gasteiger partial charge < -0.3 is 14.7 Å². The van der Waals surface area contributed by atoms with E-state index in [4.69, 9.17) is 4.74 Å². The Morgan fingerprint density at radius 2 is 1.92 bits per heavy atom. The first-order valence-corrected chi connectivity index (χ1v) is 8.19. The molecule has 0 aromatic heterocycles. The fourth-order valence-corrected chi connectivity index (χ4v) is 3.77. The number of ether oxygens (including phenoxy) is 1. The monoisotopic (exact) mass is 340 g/mol. The molecule has 3 rings (SSSR count). The largest absolute Gasteiger partial charge is 0.469 e. The van der Waals surface area contributed by atoms with Gasteiger partial charge in [-0.2, -0.15) is 0 Å². The summed E-state index contributed by atoms with van der Waals surface area (Å²) < 4.78 is 32.0. The summed E-state index contributed by atoms with van der Waals surface area (Å²) in [5.41, 5.74) is 0.272. The second kappa shape index (κ2) is 7.03. The predicted molar refractivity (Wildman–Crippen MR) is 84.7 cm³/mol. The number of carbonyl (C=O) groups is 1. The van der Waals surface area contributed by atoms with Crippen LogP contribution in [0.2, 0.25) is 0 Å². The molecule has 0 bridgehead atoms. The quantitative estimate of drug-likeness (QED) is 0.843. The summed E-state index contributed by atoms with van der Waals surface area (Å²) in [6.45, 7) is 2.36. The number of esters is 1. The van der Waals surface area contributed by atoms with E-state index < -0.39 is 17.7 Å². The molecule has 0 unspecified atom stereocenters. The summed E-state index contributed by atoms with van der Waals surface area (Å²) >= 11 is 0. The van der Waals surface area contributed by atoms with E-state index in [1.807, 2.05) is 4.90 Å². The number of piperazine rings is 1. The maximum Gasteiger partial charge on any atom is 0.308 e. The first-order chi connectivity index (χ1) is 11.5. The lowest BCUT2D eigenvalue weighted by molar-refractivity contribution is -0.145. The van der Waals surface area contributed by atoms with E-state index in [1.54, 1.807) is 0 Å². The van der Waals surface area contributed by atoms with Gasteiger partial charge in [0.2, 0.25) is 0 Å². The van der Waals surface area contributed by atoms with Gasteiger partial charge in [0, 0.05) is 38.3 Å². The van der Waals surface area contributed by atoms with Gasteiger partial charge in [-0.05, 0) is 25.0 Å².